The van der Waals surface area contributed by atoms with Crippen molar-refractivity contribution in [2.75, 3.05) is 30.0 Å². The molecule has 2 rings (SSSR count). The second-order valence-corrected chi connectivity index (χ2v) is 7.06. The fourth-order valence-corrected chi connectivity index (χ4v) is 3.77. The van der Waals surface area contributed by atoms with Crippen LogP contribution in [0.5, 0.6) is 6.01 Å². The van der Waals surface area contributed by atoms with Gasteiger partial charge in [0.15, 0.2) is 9.84 Å². The normalized spacial score (nSPS) is 20.8. The molecule has 0 bridgehead atoms. The largest absolute Gasteiger partial charge is 0.463 e. The van der Waals surface area contributed by atoms with Gasteiger partial charge >= 0.3 is 6.01 Å². The number of aromatic nitrogens is 3. The summed E-state index contributed by atoms with van der Waals surface area (Å²) < 4.78 is 28.7. The number of ether oxygens (including phenoxy) is 1. The van der Waals surface area contributed by atoms with E-state index in [2.05, 4.69) is 20.3 Å². The highest BCUT2D eigenvalue weighted by Gasteiger charge is 2.31. The van der Waals surface area contributed by atoms with Crippen LogP contribution in [0.2, 0.25) is 0 Å². The molecule has 0 amide bonds. The first kappa shape index (κ1) is 14.8. The molecule has 0 spiro atoms. The molecule has 0 aromatic carbocycles. The summed E-state index contributed by atoms with van der Waals surface area (Å²) >= 11 is 0. The zero-order valence-corrected chi connectivity index (χ0v) is 12.2. The van der Waals surface area contributed by atoms with Crippen molar-refractivity contribution < 1.29 is 13.2 Å². The molecular formula is C11H19N5O3S. The van der Waals surface area contributed by atoms with E-state index in [1.807, 2.05) is 6.92 Å². The predicted molar refractivity (Wildman–Crippen MR) is 75.3 cm³/mol. The van der Waals surface area contributed by atoms with E-state index in [0.29, 0.717) is 19.4 Å². The summed E-state index contributed by atoms with van der Waals surface area (Å²) in [7, 11) is -2.99. The summed E-state index contributed by atoms with van der Waals surface area (Å²) in [5.74, 6) is 0.539. The summed E-state index contributed by atoms with van der Waals surface area (Å²) in [5.41, 5.74) is 5.57. The van der Waals surface area contributed by atoms with Gasteiger partial charge in [-0.15, -0.1) is 0 Å². The molecule has 8 nitrogen and oxygen atoms in total. The number of nitrogens with zero attached hydrogens (tertiary/aromatic N) is 3. The zero-order chi connectivity index (χ0) is 14.6. The highest BCUT2D eigenvalue weighted by molar-refractivity contribution is 7.92. The highest BCUT2D eigenvalue weighted by Crippen LogP contribution is 2.20. The van der Waals surface area contributed by atoms with Crippen molar-refractivity contribution in [2.24, 2.45) is 0 Å². The Labute approximate surface area is 118 Å². The van der Waals surface area contributed by atoms with Crippen LogP contribution in [0.4, 0.5) is 11.9 Å². The highest BCUT2D eigenvalue weighted by atomic mass is 32.2. The quantitative estimate of drug-likeness (QED) is 0.766. The smallest absolute Gasteiger partial charge is 0.323 e. The third-order valence-corrected chi connectivity index (χ3v) is 5.29. The van der Waals surface area contributed by atoms with Crippen LogP contribution in [0.25, 0.3) is 0 Å². The van der Waals surface area contributed by atoms with Gasteiger partial charge < -0.3 is 15.8 Å². The third kappa shape index (κ3) is 3.69. The molecule has 0 aliphatic carbocycles. The van der Waals surface area contributed by atoms with Gasteiger partial charge in [0.2, 0.25) is 11.9 Å². The van der Waals surface area contributed by atoms with Crippen molar-refractivity contribution in [1.82, 2.24) is 15.0 Å². The second kappa shape index (κ2) is 6.21. The minimum Gasteiger partial charge on any atom is -0.463 e. The Bertz CT molecular complexity index is 563. The van der Waals surface area contributed by atoms with Crippen LogP contribution in [-0.4, -0.2) is 47.5 Å². The first-order chi connectivity index (χ1) is 9.51. The predicted octanol–water partition coefficient (Wildman–Crippen LogP) is 0.232. The fraction of sp³-hybridized carbons (Fsp3) is 0.727. The summed E-state index contributed by atoms with van der Waals surface area (Å²) in [6.07, 6.45) is 2.20. The van der Waals surface area contributed by atoms with Gasteiger partial charge in [-0.25, -0.2) is 8.42 Å². The van der Waals surface area contributed by atoms with Crippen molar-refractivity contribution in [1.29, 1.82) is 0 Å². The Hall–Kier alpha value is -1.64. The van der Waals surface area contributed by atoms with E-state index >= 15 is 0 Å². The Balaban J connectivity index is 2.00. The Morgan fingerprint density at radius 1 is 1.40 bits per heavy atom. The number of nitrogen functional groups attached to an aromatic ring is 1. The van der Waals surface area contributed by atoms with Crippen LogP contribution in [0.1, 0.15) is 26.2 Å². The van der Waals surface area contributed by atoms with Crippen LogP contribution >= 0.6 is 0 Å². The average Bonchev–Trinajstić information content (AvgIpc) is 2.72. The number of rotatable bonds is 6. The number of sulfone groups is 1. The van der Waals surface area contributed by atoms with Gasteiger partial charge in [0.05, 0.1) is 17.6 Å². The number of nitrogens with one attached hydrogen (secondary N) is 1. The van der Waals surface area contributed by atoms with E-state index in [1.54, 1.807) is 0 Å². The molecule has 3 N–H and O–H groups in total. The van der Waals surface area contributed by atoms with Gasteiger partial charge in [-0.05, 0) is 19.3 Å². The monoisotopic (exact) mass is 301 g/mol. The number of hydrogen-bond acceptors (Lipinski definition) is 8. The van der Waals surface area contributed by atoms with E-state index < -0.39 is 9.84 Å². The summed E-state index contributed by atoms with van der Waals surface area (Å²) in [5, 5.41) is 2.51. The van der Waals surface area contributed by atoms with Gasteiger partial charge in [-0.1, -0.05) is 6.92 Å². The van der Waals surface area contributed by atoms with Crippen molar-refractivity contribution in [2.45, 2.75) is 31.4 Å². The lowest BCUT2D eigenvalue weighted by molar-refractivity contribution is 0.292. The molecule has 1 aliphatic heterocycles. The molecule has 0 saturated carbocycles. The summed E-state index contributed by atoms with van der Waals surface area (Å²) in [6.45, 7) is 2.73. The fourth-order valence-electron chi connectivity index (χ4n) is 2.00. The van der Waals surface area contributed by atoms with Crippen LogP contribution in [0.15, 0.2) is 0 Å². The maximum Gasteiger partial charge on any atom is 0.323 e. The van der Waals surface area contributed by atoms with E-state index in [0.717, 1.165) is 6.42 Å². The minimum absolute atomic E-state index is 0.0443. The lowest BCUT2D eigenvalue weighted by Crippen LogP contribution is -2.26. The Kier molecular flexibility index (Phi) is 4.58. The van der Waals surface area contributed by atoms with Crippen LogP contribution in [-0.2, 0) is 9.84 Å². The third-order valence-electron chi connectivity index (χ3n) is 3.02. The summed E-state index contributed by atoms with van der Waals surface area (Å²) in [6, 6.07) is 0.149. The number of nitrogens with two attached hydrogens (primary N) is 1. The molecule has 1 aromatic rings. The molecule has 1 atom stereocenters. The van der Waals surface area contributed by atoms with Gasteiger partial charge in [-0.2, -0.15) is 15.0 Å². The molecule has 9 heteroatoms. The van der Waals surface area contributed by atoms with E-state index in [1.165, 1.54) is 0 Å². The lowest BCUT2D eigenvalue weighted by Gasteiger charge is -2.11. The van der Waals surface area contributed by atoms with E-state index in [-0.39, 0.29) is 35.5 Å². The van der Waals surface area contributed by atoms with Gasteiger partial charge in [0.1, 0.15) is 0 Å². The molecule has 112 valence electrons. The maximum absolute atomic E-state index is 11.7. The first-order valence-corrected chi connectivity index (χ1v) is 8.32. The molecule has 1 fully saturated rings. The first-order valence-electron chi connectivity index (χ1n) is 6.61. The molecule has 1 aromatic heterocycles. The molecule has 1 unspecified atom stereocenters. The van der Waals surface area contributed by atoms with Crippen LogP contribution < -0.4 is 15.8 Å². The van der Waals surface area contributed by atoms with Crippen LogP contribution in [0.3, 0.4) is 0 Å². The van der Waals surface area contributed by atoms with Gasteiger partial charge in [-0.3, -0.25) is 0 Å². The second-order valence-electron chi connectivity index (χ2n) is 4.66. The topological polar surface area (TPSA) is 120 Å². The van der Waals surface area contributed by atoms with Crippen molar-refractivity contribution in [3.63, 3.8) is 0 Å². The average molecular weight is 301 g/mol. The Morgan fingerprint density at radius 2 is 2.20 bits per heavy atom. The molecule has 1 aliphatic rings. The van der Waals surface area contributed by atoms with Gasteiger partial charge in [0.25, 0.3) is 0 Å². The lowest BCUT2D eigenvalue weighted by atomic mass is 10.2. The SMILES string of the molecule is CCCOc1nc(N)nc(NCC2CCCS2(=O)=O)n1. The summed E-state index contributed by atoms with van der Waals surface area (Å²) in [4.78, 5) is 11.8. The zero-order valence-electron chi connectivity index (χ0n) is 11.4. The molecule has 20 heavy (non-hydrogen) atoms. The minimum atomic E-state index is -2.99. The maximum atomic E-state index is 11.7. The van der Waals surface area contributed by atoms with E-state index in [4.69, 9.17) is 10.5 Å². The van der Waals surface area contributed by atoms with Crippen molar-refractivity contribution in [3.8, 4) is 6.01 Å². The van der Waals surface area contributed by atoms with Crippen molar-refractivity contribution in [3.05, 3.63) is 0 Å². The van der Waals surface area contributed by atoms with Gasteiger partial charge in [0, 0.05) is 6.54 Å². The van der Waals surface area contributed by atoms with Crippen molar-refractivity contribution >= 4 is 21.7 Å². The number of anilines is 2. The standard InChI is InChI=1S/C11H19N5O3S/c1-2-5-19-11-15-9(12)14-10(16-11)13-7-8-4-3-6-20(8,17)18/h8H,2-7H2,1H3,(H3,12,13,14,15,16). The molecule has 0 radical (unpaired) electrons. The molecule has 1 saturated heterocycles. The number of hydrogen-bond donors (Lipinski definition) is 2. The Morgan fingerprint density at radius 3 is 2.85 bits per heavy atom. The van der Waals surface area contributed by atoms with E-state index in [9.17, 15) is 8.42 Å². The molecular weight excluding hydrogens is 282 g/mol. The molecule has 2 heterocycles. The van der Waals surface area contributed by atoms with Crippen LogP contribution in [0, 0.1) is 0 Å².